The first kappa shape index (κ1) is 13.5. The maximum absolute atomic E-state index is 9.08. The van der Waals surface area contributed by atoms with Crippen LogP contribution in [-0.4, -0.2) is 19.2 Å². The van der Waals surface area contributed by atoms with Crippen LogP contribution in [0.2, 0.25) is 0 Å². The van der Waals surface area contributed by atoms with E-state index in [1.54, 1.807) is 0 Å². The Kier molecular flexibility index (Phi) is 4.41. The van der Waals surface area contributed by atoms with Crippen molar-refractivity contribution in [3.8, 4) is 0 Å². The van der Waals surface area contributed by atoms with Crippen LogP contribution in [-0.2, 0) is 10.1 Å². The molecule has 2 unspecified atom stereocenters. The van der Waals surface area contributed by atoms with Gasteiger partial charge in [-0.1, -0.05) is 24.3 Å². The zero-order chi connectivity index (χ0) is 12.3. The van der Waals surface area contributed by atoms with Gasteiger partial charge in [0.1, 0.15) is 0 Å². The Labute approximate surface area is 101 Å². The smallest absolute Gasteiger partial charge is 0.0916 e. The Hall–Kier alpha value is -0.520. The standard InChI is InChI=1S/C10H12S.CH4O3S/c1-7-9-5-3-4-6-10(9)8(2)11-7;1-5(2,3)4/h3-8H,1-2H3;1H3,(H,2,3,4)/p-1. The largest absolute Gasteiger partial charge is 0.748 e. The Balaban J connectivity index is 0.000000221. The van der Waals surface area contributed by atoms with E-state index in [-0.39, 0.29) is 0 Å². The van der Waals surface area contributed by atoms with Gasteiger partial charge in [0, 0.05) is 16.8 Å². The van der Waals surface area contributed by atoms with Gasteiger partial charge in [-0.2, -0.15) is 0 Å². The lowest BCUT2D eigenvalue weighted by Gasteiger charge is -2.00. The minimum Gasteiger partial charge on any atom is -0.748 e. The molecule has 0 fully saturated rings. The molecule has 0 N–H and O–H groups in total. The third-order valence-electron chi connectivity index (χ3n) is 2.28. The molecule has 0 radical (unpaired) electrons. The Morgan fingerprint density at radius 3 is 1.75 bits per heavy atom. The summed E-state index contributed by atoms with van der Waals surface area (Å²) in [6.07, 6.45) is 0.604. The van der Waals surface area contributed by atoms with E-state index in [0.29, 0.717) is 16.8 Å². The molecule has 0 amide bonds. The van der Waals surface area contributed by atoms with Crippen molar-refractivity contribution in [1.82, 2.24) is 0 Å². The highest BCUT2D eigenvalue weighted by Gasteiger charge is 2.24. The molecule has 1 aromatic rings. The first-order chi connectivity index (χ1) is 7.29. The molecule has 90 valence electrons. The number of hydrogen-bond donors (Lipinski definition) is 0. The summed E-state index contributed by atoms with van der Waals surface area (Å²) < 4.78 is 27.2. The molecular formula is C11H15O3S2-. The lowest BCUT2D eigenvalue weighted by Crippen LogP contribution is -1.88. The molecule has 2 atom stereocenters. The van der Waals surface area contributed by atoms with Crippen LogP contribution in [0, 0.1) is 0 Å². The lowest BCUT2D eigenvalue weighted by atomic mass is 10.0. The van der Waals surface area contributed by atoms with Gasteiger partial charge in [-0.05, 0) is 25.0 Å². The SMILES string of the molecule is CC1SC(C)c2ccccc21.CS(=O)(=O)[O-]. The molecular weight excluding hydrogens is 244 g/mol. The predicted molar refractivity (Wildman–Crippen MR) is 66.5 cm³/mol. The zero-order valence-electron chi connectivity index (χ0n) is 9.51. The Morgan fingerprint density at radius 2 is 1.44 bits per heavy atom. The summed E-state index contributed by atoms with van der Waals surface area (Å²) in [5.41, 5.74) is 3.06. The number of benzene rings is 1. The molecule has 1 aliphatic heterocycles. The van der Waals surface area contributed by atoms with Crippen molar-refractivity contribution in [2.45, 2.75) is 24.3 Å². The summed E-state index contributed by atoms with van der Waals surface area (Å²) in [5.74, 6) is 0. The second kappa shape index (κ2) is 5.21. The van der Waals surface area contributed by atoms with Crippen molar-refractivity contribution in [1.29, 1.82) is 0 Å². The van der Waals surface area contributed by atoms with E-state index in [1.807, 2.05) is 11.8 Å². The van der Waals surface area contributed by atoms with Gasteiger partial charge in [-0.3, -0.25) is 0 Å². The van der Waals surface area contributed by atoms with Gasteiger partial charge < -0.3 is 4.55 Å². The minimum atomic E-state index is -3.92. The summed E-state index contributed by atoms with van der Waals surface area (Å²) >= 11 is 2.05. The second-order valence-corrected chi connectivity index (χ2v) is 6.85. The third-order valence-corrected chi connectivity index (χ3v) is 3.60. The van der Waals surface area contributed by atoms with Crippen LogP contribution < -0.4 is 0 Å². The van der Waals surface area contributed by atoms with Crippen LogP contribution in [0.3, 0.4) is 0 Å². The highest BCUT2D eigenvalue weighted by atomic mass is 32.2. The fraction of sp³-hybridized carbons (Fsp3) is 0.455. The highest BCUT2D eigenvalue weighted by Crippen LogP contribution is 2.49. The van der Waals surface area contributed by atoms with Crippen molar-refractivity contribution >= 4 is 21.9 Å². The molecule has 1 aliphatic rings. The van der Waals surface area contributed by atoms with E-state index in [4.69, 9.17) is 13.0 Å². The van der Waals surface area contributed by atoms with Gasteiger partial charge in [0.25, 0.3) is 0 Å². The van der Waals surface area contributed by atoms with E-state index < -0.39 is 10.1 Å². The molecule has 1 aromatic carbocycles. The van der Waals surface area contributed by atoms with Crippen LogP contribution in [0.4, 0.5) is 0 Å². The summed E-state index contributed by atoms with van der Waals surface area (Å²) in [6.45, 7) is 4.57. The number of hydrogen-bond acceptors (Lipinski definition) is 4. The van der Waals surface area contributed by atoms with Crippen molar-refractivity contribution in [3.05, 3.63) is 35.4 Å². The summed E-state index contributed by atoms with van der Waals surface area (Å²) in [7, 11) is -3.92. The number of thioether (sulfide) groups is 1. The van der Waals surface area contributed by atoms with Crippen LogP contribution in [0.1, 0.15) is 35.5 Å². The molecule has 0 saturated heterocycles. The first-order valence-corrected chi connectivity index (χ1v) is 7.70. The van der Waals surface area contributed by atoms with E-state index in [1.165, 1.54) is 11.1 Å². The number of fused-ring (bicyclic) bond motifs is 1. The van der Waals surface area contributed by atoms with Crippen molar-refractivity contribution in [2.24, 2.45) is 0 Å². The Morgan fingerprint density at radius 1 is 1.12 bits per heavy atom. The molecule has 3 nitrogen and oxygen atoms in total. The quantitative estimate of drug-likeness (QED) is 0.672. The molecule has 0 aromatic heterocycles. The normalized spacial score (nSPS) is 23.2. The van der Waals surface area contributed by atoms with Gasteiger partial charge in [-0.25, -0.2) is 8.42 Å². The van der Waals surface area contributed by atoms with Gasteiger partial charge in [-0.15, -0.1) is 11.8 Å². The molecule has 5 heteroatoms. The molecule has 0 spiro atoms. The van der Waals surface area contributed by atoms with E-state index >= 15 is 0 Å². The second-order valence-electron chi connectivity index (χ2n) is 3.75. The van der Waals surface area contributed by atoms with Gasteiger partial charge in [0.05, 0.1) is 10.1 Å². The monoisotopic (exact) mass is 259 g/mol. The summed E-state index contributed by atoms with van der Waals surface area (Å²) in [6, 6.07) is 8.76. The van der Waals surface area contributed by atoms with Gasteiger partial charge >= 0.3 is 0 Å². The average Bonchev–Trinajstić information content (AvgIpc) is 2.41. The van der Waals surface area contributed by atoms with Crippen LogP contribution in [0.15, 0.2) is 24.3 Å². The van der Waals surface area contributed by atoms with Gasteiger partial charge in [0.2, 0.25) is 0 Å². The molecule has 0 bridgehead atoms. The maximum Gasteiger partial charge on any atom is 0.0916 e. The van der Waals surface area contributed by atoms with Crippen molar-refractivity contribution < 1.29 is 13.0 Å². The number of rotatable bonds is 0. The van der Waals surface area contributed by atoms with Crippen molar-refractivity contribution in [3.63, 3.8) is 0 Å². The lowest BCUT2D eigenvalue weighted by molar-refractivity contribution is 0.470. The molecule has 16 heavy (non-hydrogen) atoms. The molecule has 1 heterocycles. The summed E-state index contributed by atoms with van der Waals surface area (Å²) in [5, 5.41) is 1.39. The van der Waals surface area contributed by atoms with E-state index in [9.17, 15) is 0 Å². The molecule has 2 rings (SSSR count). The molecule has 0 aliphatic carbocycles. The topological polar surface area (TPSA) is 57.2 Å². The van der Waals surface area contributed by atoms with Crippen LogP contribution in [0.5, 0.6) is 0 Å². The summed E-state index contributed by atoms with van der Waals surface area (Å²) in [4.78, 5) is 0. The fourth-order valence-corrected chi connectivity index (χ4v) is 3.04. The highest BCUT2D eigenvalue weighted by molar-refractivity contribution is 8.00. The van der Waals surface area contributed by atoms with Crippen LogP contribution in [0.25, 0.3) is 0 Å². The van der Waals surface area contributed by atoms with E-state index in [2.05, 4.69) is 38.1 Å². The minimum absolute atomic E-state index is 0.604. The molecule has 0 saturated carbocycles. The van der Waals surface area contributed by atoms with Crippen molar-refractivity contribution in [2.75, 3.05) is 6.26 Å². The van der Waals surface area contributed by atoms with Gasteiger partial charge in [0.15, 0.2) is 0 Å². The first-order valence-electron chi connectivity index (χ1n) is 4.94. The maximum atomic E-state index is 9.08. The third kappa shape index (κ3) is 4.15. The predicted octanol–water partition coefficient (Wildman–Crippen LogP) is 2.72. The van der Waals surface area contributed by atoms with E-state index in [0.717, 1.165) is 0 Å². The average molecular weight is 259 g/mol. The Bertz CT molecular complexity index is 419. The zero-order valence-corrected chi connectivity index (χ0v) is 11.1. The fourth-order valence-electron chi connectivity index (χ4n) is 1.70. The van der Waals surface area contributed by atoms with Crippen LogP contribution >= 0.6 is 11.8 Å².